The number of nitrogens with one attached hydrogen (secondary N) is 1. The van der Waals surface area contributed by atoms with Crippen molar-refractivity contribution in [3.63, 3.8) is 0 Å². The topological polar surface area (TPSA) is 79.0 Å². The molecule has 1 saturated heterocycles. The van der Waals surface area contributed by atoms with Crippen molar-refractivity contribution in [3.05, 3.63) is 65.2 Å². The number of amides is 3. The van der Waals surface area contributed by atoms with Crippen LogP contribution in [0.2, 0.25) is 0 Å². The van der Waals surface area contributed by atoms with E-state index in [4.69, 9.17) is 4.74 Å². The zero-order valence-electron chi connectivity index (χ0n) is 20.5. The normalized spacial score (nSPS) is 14.9. The Morgan fingerprint density at radius 2 is 1.65 bits per heavy atom. The predicted molar refractivity (Wildman–Crippen MR) is 132 cm³/mol. The smallest absolute Gasteiger partial charge is 0.254 e. The summed E-state index contributed by atoms with van der Waals surface area (Å²) in [5, 5.41) is 3.00. The molecule has 7 nitrogen and oxygen atoms in total. The van der Waals surface area contributed by atoms with E-state index in [9.17, 15) is 14.4 Å². The molecule has 2 aromatic carbocycles. The number of hydrogen-bond donors (Lipinski definition) is 1. The van der Waals surface area contributed by atoms with Crippen LogP contribution in [0.1, 0.15) is 53.0 Å². The monoisotopic (exact) mass is 465 g/mol. The number of carbonyl (C=O) groups is 3. The molecule has 182 valence electrons. The molecule has 1 fully saturated rings. The Morgan fingerprint density at radius 1 is 1.03 bits per heavy atom. The minimum Gasteiger partial charge on any atom is -0.497 e. The highest BCUT2D eigenvalue weighted by atomic mass is 16.5. The summed E-state index contributed by atoms with van der Waals surface area (Å²) in [5.74, 6) is 0.279. The zero-order valence-corrected chi connectivity index (χ0v) is 20.5. The number of nitrogens with zero attached hydrogens (tertiary/aromatic N) is 2. The zero-order chi connectivity index (χ0) is 24.7. The van der Waals surface area contributed by atoms with Crippen molar-refractivity contribution in [2.24, 2.45) is 5.92 Å². The number of methoxy groups -OCH3 is 1. The minimum atomic E-state index is -0.634. The number of ether oxygens (including phenoxy) is 1. The van der Waals surface area contributed by atoms with Gasteiger partial charge in [0.15, 0.2) is 0 Å². The van der Waals surface area contributed by atoms with E-state index in [0.29, 0.717) is 55.9 Å². The fourth-order valence-electron chi connectivity index (χ4n) is 4.50. The van der Waals surface area contributed by atoms with E-state index in [1.807, 2.05) is 49.9 Å². The van der Waals surface area contributed by atoms with Gasteiger partial charge in [-0.3, -0.25) is 14.4 Å². The number of aryl methyl sites for hydroxylation is 1. The third-order valence-electron chi connectivity index (χ3n) is 6.65. The average Bonchev–Trinajstić information content (AvgIpc) is 2.88. The number of piperidine rings is 1. The lowest BCUT2D eigenvalue weighted by molar-refractivity contribution is -0.134. The standard InChI is InChI=1S/C27H35N3O4/c1-5-29(6-2)27(33)24(28-25(31)21-11-13-22(34-4)14-12-21)20-15-17-30(18-16-20)26(32)23-10-8-7-9-19(23)3/h7-14,20,24H,5-6,15-18H2,1-4H3,(H,28,31)/t24-/m1/s1. The maximum Gasteiger partial charge on any atom is 0.254 e. The maximum atomic E-state index is 13.4. The first-order valence-electron chi connectivity index (χ1n) is 12.0. The number of carbonyl (C=O) groups excluding carboxylic acids is 3. The highest BCUT2D eigenvalue weighted by Crippen LogP contribution is 2.25. The van der Waals surface area contributed by atoms with E-state index in [0.717, 1.165) is 5.56 Å². The lowest BCUT2D eigenvalue weighted by Crippen LogP contribution is -2.54. The van der Waals surface area contributed by atoms with Crippen molar-refractivity contribution in [1.82, 2.24) is 15.1 Å². The molecule has 3 rings (SSSR count). The molecule has 3 amide bonds. The summed E-state index contributed by atoms with van der Waals surface area (Å²) < 4.78 is 5.17. The van der Waals surface area contributed by atoms with E-state index in [1.165, 1.54) is 0 Å². The largest absolute Gasteiger partial charge is 0.497 e. The van der Waals surface area contributed by atoms with Crippen LogP contribution >= 0.6 is 0 Å². The highest BCUT2D eigenvalue weighted by Gasteiger charge is 2.36. The van der Waals surface area contributed by atoms with Gasteiger partial charge in [-0.1, -0.05) is 18.2 Å². The van der Waals surface area contributed by atoms with Crippen molar-refractivity contribution in [1.29, 1.82) is 0 Å². The van der Waals surface area contributed by atoms with E-state index in [-0.39, 0.29) is 23.6 Å². The molecule has 0 bridgehead atoms. The molecule has 1 N–H and O–H groups in total. The second-order valence-corrected chi connectivity index (χ2v) is 8.63. The van der Waals surface area contributed by atoms with Gasteiger partial charge in [-0.15, -0.1) is 0 Å². The van der Waals surface area contributed by atoms with Crippen molar-refractivity contribution < 1.29 is 19.1 Å². The molecule has 0 radical (unpaired) electrons. The highest BCUT2D eigenvalue weighted by molar-refractivity contribution is 5.98. The van der Waals surface area contributed by atoms with Gasteiger partial charge in [0.05, 0.1) is 7.11 Å². The Kier molecular flexibility index (Phi) is 8.68. The second kappa shape index (κ2) is 11.7. The summed E-state index contributed by atoms with van der Waals surface area (Å²) in [6.45, 7) is 8.08. The van der Waals surface area contributed by atoms with Crippen molar-refractivity contribution in [2.75, 3.05) is 33.3 Å². The molecule has 1 heterocycles. The van der Waals surface area contributed by atoms with Gasteiger partial charge in [0.25, 0.3) is 11.8 Å². The Bertz CT molecular complexity index is 993. The fraction of sp³-hybridized carbons (Fsp3) is 0.444. The number of likely N-dealkylation sites (tertiary alicyclic amines) is 1. The van der Waals surface area contributed by atoms with Crippen molar-refractivity contribution >= 4 is 17.7 Å². The molecular formula is C27H35N3O4. The van der Waals surface area contributed by atoms with Gasteiger partial charge >= 0.3 is 0 Å². The average molecular weight is 466 g/mol. The Morgan fingerprint density at radius 3 is 2.21 bits per heavy atom. The molecule has 1 aliphatic rings. The summed E-state index contributed by atoms with van der Waals surface area (Å²) in [6, 6.07) is 13.8. The molecular weight excluding hydrogens is 430 g/mol. The Labute approximate surface area is 202 Å². The molecule has 0 saturated carbocycles. The summed E-state index contributed by atoms with van der Waals surface area (Å²) in [7, 11) is 1.57. The summed E-state index contributed by atoms with van der Waals surface area (Å²) in [6.07, 6.45) is 1.30. The second-order valence-electron chi connectivity index (χ2n) is 8.63. The first-order chi connectivity index (χ1) is 16.4. The molecule has 0 aliphatic carbocycles. The molecule has 7 heteroatoms. The van der Waals surface area contributed by atoms with Crippen LogP contribution in [0.15, 0.2) is 48.5 Å². The van der Waals surface area contributed by atoms with Crippen LogP contribution in [0.25, 0.3) is 0 Å². The van der Waals surface area contributed by atoms with Crippen LogP contribution in [0.5, 0.6) is 5.75 Å². The third kappa shape index (κ3) is 5.76. The Balaban J connectivity index is 1.73. The van der Waals surface area contributed by atoms with Gasteiger partial charge in [-0.25, -0.2) is 0 Å². The van der Waals surface area contributed by atoms with Crippen LogP contribution in [0.4, 0.5) is 0 Å². The Hall–Kier alpha value is -3.35. The lowest BCUT2D eigenvalue weighted by atomic mass is 9.87. The number of benzene rings is 2. The van der Waals surface area contributed by atoms with E-state index in [2.05, 4.69) is 5.32 Å². The molecule has 0 aromatic heterocycles. The quantitative estimate of drug-likeness (QED) is 0.647. The minimum absolute atomic E-state index is 0.0189. The number of likely N-dealkylation sites (N-methyl/N-ethyl adjacent to an activating group) is 1. The molecule has 1 aliphatic heterocycles. The van der Waals surface area contributed by atoms with Crippen molar-refractivity contribution in [2.45, 2.75) is 39.7 Å². The third-order valence-corrected chi connectivity index (χ3v) is 6.65. The van der Waals surface area contributed by atoms with Crippen LogP contribution in [-0.2, 0) is 4.79 Å². The first-order valence-corrected chi connectivity index (χ1v) is 12.0. The molecule has 2 aromatic rings. The van der Waals surface area contributed by atoms with Gasteiger partial charge in [0, 0.05) is 37.3 Å². The van der Waals surface area contributed by atoms with Crippen molar-refractivity contribution in [3.8, 4) is 5.75 Å². The van der Waals surface area contributed by atoms with Gasteiger partial charge in [-0.05, 0) is 75.4 Å². The molecule has 1 atom stereocenters. The molecule has 0 spiro atoms. The van der Waals surface area contributed by atoms with Crippen LogP contribution < -0.4 is 10.1 Å². The fourth-order valence-corrected chi connectivity index (χ4v) is 4.50. The van der Waals surface area contributed by atoms with E-state index < -0.39 is 6.04 Å². The molecule has 34 heavy (non-hydrogen) atoms. The number of rotatable bonds is 8. The van der Waals surface area contributed by atoms with Crippen LogP contribution in [0.3, 0.4) is 0 Å². The number of hydrogen-bond acceptors (Lipinski definition) is 4. The molecule has 0 unspecified atom stereocenters. The van der Waals surface area contributed by atoms with Gasteiger partial charge < -0.3 is 19.9 Å². The maximum absolute atomic E-state index is 13.4. The SMILES string of the molecule is CCN(CC)C(=O)[C@H](NC(=O)c1ccc(OC)cc1)C1CCN(C(=O)c2ccccc2C)CC1. The van der Waals surface area contributed by atoms with E-state index in [1.54, 1.807) is 36.3 Å². The van der Waals surface area contributed by atoms with E-state index >= 15 is 0 Å². The first kappa shape index (κ1) is 25.3. The van der Waals surface area contributed by atoms with Gasteiger partial charge in [0.1, 0.15) is 11.8 Å². The van der Waals surface area contributed by atoms with Crippen LogP contribution in [0, 0.1) is 12.8 Å². The van der Waals surface area contributed by atoms with Gasteiger partial charge in [-0.2, -0.15) is 0 Å². The van der Waals surface area contributed by atoms with Gasteiger partial charge in [0.2, 0.25) is 5.91 Å². The summed E-state index contributed by atoms with van der Waals surface area (Å²) in [5.41, 5.74) is 2.14. The summed E-state index contributed by atoms with van der Waals surface area (Å²) in [4.78, 5) is 43.0. The summed E-state index contributed by atoms with van der Waals surface area (Å²) >= 11 is 0. The lowest BCUT2D eigenvalue weighted by Gasteiger charge is -2.37. The van der Waals surface area contributed by atoms with Crippen LogP contribution in [-0.4, -0.2) is 66.9 Å². The predicted octanol–water partition coefficient (Wildman–Crippen LogP) is 3.52.